The van der Waals surface area contributed by atoms with Crippen molar-refractivity contribution in [1.82, 2.24) is 9.97 Å². The monoisotopic (exact) mass is 254 g/mol. The smallest absolute Gasteiger partial charge is 0.273 e. The first-order valence-electron chi connectivity index (χ1n) is 4.75. The molecule has 0 spiro atoms. The lowest BCUT2D eigenvalue weighted by atomic mass is 10.2. The molecule has 0 radical (unpaired) electrons. The molecule has 6 heteroatoms. The Morgan fingerprint density at radius 2 is 2.24 bits per heavy atom. The first-order valence-corrected chi connectivity index (χ1v) is 5.13. The number of aryl methyl sites for hydroxylation is 1. The van der Waals surface area contributed by atoms with Crippen molar-refractivity contribution in [2.75, 3.05) is 0 Å². The number of nitrogens with one attached hydrogen (secondary N) is 1. The Morgan fingerprint density at radius 1 is 1.47 bits per heavy atom. The lowest BCUT2D eigenvalue weighted by molar-refractivity contribution is 0.455. The molecule has 0 atom stereocenters. The fraction of sp³-hybridized carbons (Fsp3) is 0.0909. The van der Waals surface area contributed by atoms with Crippen LogP contribution >= 0.6 is 11.6 Å². The Kier molecular flexibility index (Phi) is 3.10. The van der Waals surface area contributed by atoms with Crippen LogP contribution in [0.4, 0.5) is 4.39 Å². The van der Waals surface area contributed by atoms with Crippen LogP contribution in [-0.4, -0.2) is 9.97 Å². The SMILES string of the molecule is Cc1ccc(Oc2nc[nH]c(=O)c2Cl)cc1F. The van der Waals surface area contributed by atoms with Crippen LogP contribution < -0.4 is 10.3 Å². The van der Waals surface area contributed by atoms with Crippen LogP contribution in [0.25, 0.3) is 0 Å². The Hall–Kier alpha value is -1.88. The molecule has 1 heterocycles. The van der Waals surface area contributed by atoms with Gasteiger partial charge in [-0.25, -0.2) is 9.37 Å². The van der Waals surface area contributed by atoms with Gasteiger partial charge in [0.1, 0.15) is 11.6 Å². The van der Waals surface area contributed by atoms with Gasteiger partial charge in [0, 0.05) is 6.07 Å². The molecule has 0 amide bonds. The molecule has 0 fully saturated rings. The maximum absolute atomic E-state index is 13.3. The largest absolute Gasteiger partial charge is 0.437 e. The maximum Gasteiger partial charge on any atom is 0.273 e. The molecule has 17 heavy (non-hydrogen) atoms. The van der Waals surface area contributed by atoms with E-state index in [0.29, 0.717) is 5.56 Å². The van der Waals surface area contributed by atoms with Crippen LogP contribution in [0.1, 0.15) is 5.56 Å². The normalized spacial score (nSPS) is 10.3. The van der Waals surface area contributed by atoms with E-state index in [2.05, 4.69) is 9.97 Å². The number of aromatic amines is 1. The Balaban J connectivity index is 2.35. The van der Waals surface area contributed by atoms with Crippen LogP contribution in [0.3, 0.4) is 0 Å². The predicted octanol–water partition coefficient (Wildman–Crippen LogP) is 2.66. The van der Waals surface area contributed by atoms with Gasteiger partial charge < -0.3 is 9.72 Å². The van der Waals surface area contributed by atoms with E-state index < -0.39 is 11.4 Å². The van der Waals surface area contributed by atoms with Crippen molar-refractivity contribution in [2.45, 2.75) is 6.92 Å². The van der Waals surface area contributed by atoms with E-state index >= 15 is 0 Å². The molecule has 0 saturated heterocycles. The molecule has 1 aromatic carbocycles. The van der Waals surface area contributed by atoms with E-state index in [0.717, 1.165) is 6.33 Å². The van der Waals surface area contributed by atoms with Crippen molar-refractivity contribution in [2.24, 2.45) is 0 Å². The van der Waals surface area contributed by atoms with Crippen molar-refractivity contribution in [3.63, 3.8) is 0 Å². The van der Waals surface area contributed by atoms with Crippen LogP contribution in [0.2, 0.25) is 5.02 Å². The molecule has 0 saturated carbocycles. The standard InChI is InChI=1S/C11H8ClFN2O2/c1-6-2-3-7(4-8(6)13)17-11-9(12)10(16)14-5-15-11/h2-5H,1H3,(H,14,15,16). The Morgan fingerprint density at radius 3 is 2.94 bits per heavy atom. The fourth-order valence-corrected chi connectivity index (χ4v) is 1.33. The maximum atomic E-state index is 13.3. The van der Waals surface area contributed by atoms with E-state index in [-0.39, 0.29) is 16.7 Å². The van der Waals surface area contributed by atoms with Gasteiger partial charge in [0.2, 0.25) is 5.88 Å². The molecule has 1 N–H and O–H groups in total. The number of nitrogens with zero attached hydrogens (tertiary/aromatic N) is 1. The molecule has 88 valence electrons. The first kappa shape index (κ1) is 11.6. The third-order valence-electron chi connectivity index (χ3n) is 2.12. The summed E-state index contributed by atoms with van der Waals surface area (Å²) in [4.78, 5) is 17.2. The molecular formula is C11H8ClFN2O2. The summed E-state index contributed by atoms with van der Waals surface area (Å²) in [6.45, 7) is 1.64. The molecule has 2 rings (SSSR count). The number of aromatic nitrogens is 2. The molecule has 2 aromatic rings. The van der Waals surface area contributed by atoms with Crippen molar-refractivity contribution in [3.8, 4) is 11.6 Å². The second-order valence-corrected chi connectivity index (χ2v) is 3.74. The van der Waals surface area contributed by atoms with Gasteiger partial charge in [-0.05, 0) is 18.6 Å². The van der Waals surface area contributed by atoms with Crippen LogP contribution in [-0.2, 0) is 0 Å². The minimum atomic E-state index is -0.510. The van der Waals surface area contributed by atoms with Crippen LogP contribution in [0, 0.1) is 12.7 Å². The molecule has 0 aliphatic heterocycles. The van der Waals surface area contributed by atoms with Gasteiger partial charge in [0.05, 0.1) is 6.33 Å². The third kappa shape index (κ3) is 2.45. The predicted molar refractivity (Wildman–Crippen MR) is 61.1 cm³/mol. The van der Waals surface area contributed by atoms with Crippen LogP contribution in [0.5, 0.6) is 11.6 Å². The number of halogens is 2. The summed E-state index contributed by atoms with van der Waals surface area (Å²) in [5.41, 5.74) is -0.00781. The summed E-state index contributed by atoms with van der Waals surface area (Å²) < 4.78 is 18.5. The van der Waals surface area contributed by atoms with E-state index in [1.807, 2.05) is 0 Å². The lowest BCUT2D eigenvalue weighted by Crippen LogP contribution is -2.07. The quantitative estimate of drug-likeness (QED) is 0.896. The van der Waals surface area contributed by atoms with Crippen molar-refractivity contribution >= 4 is 11.6 Å². The van der Waals surface area contributed by atoms with Crippen molar-refractivity contribution < 1.29 is 9.13 Å². The Labute approximate surface area is 101 Å². The average molecular weight is 255 g/mol. The van der Waals surface area contributed by atoms with Gasteiger partial charge in [-0.1, -0.05) is 17.7 Å². The Bertz CT molecular complexity index is 613. The van der Waals surface area contributed by atoms with Gasteiger partial charge in [0.15, 0.2) is 5.02 Å². The summed E-state index contributed by atoms with van der Waals surface area (Å²) in [7, 11) is 0. The molecule has 0 bridgehead atoms. The van der Waals surface area contributed by atoms with Gasteiger partial charge >= 0.3 is 0 Å². The van der Waals surface area contributed by atoms with E-state index in [1.165, 1.54) is 6.07 Å². The summed E-state index contributed by atoms with van der Waals surface area (Å²) in [5, 5.41) is -0.173. The van der Waals surface area contributed by atoms with Gasteiger partial charge in [-0.2, -0.15) is 0 Å². The summed E-state index contributed by atoms with van der Waals surface area (Å²) >= 11 is 5.69. The highest BCUT2D eigenvalue weighted by molar-refractivity contribution is 6.31. The zero-order valence-electron chi connectivity index (χ0n) is 8.83. The minimum absolute atomic E-state index is 0.0568. The molecule has 4 nitrogen and oxygen atoms in total. The number of hydrogen-bond donors (Lipinski definition) is 1. The van der Waals surface area contributed by atoms with E-state index in [4.69, 9.17) is 16.3 Å². The molecular weight excluding hydrogens is 247 g/mol. The molecule has 0 unspecified atom stereocenters. The molecule has 0 aliphatic carbocycles. The van der Waals surface area contributed by atoms with E-state index in [9.17, 15) is 9.18 Å². The second kappa shape index (κ2) is 4.55. The van der Waals surface area contributed by atoms with Crippen molar-refractivity contribution in [3.05, 3.63) is 51.3 Å². The topological polar surface area (TPSA) is 55.0 Å². The number of hydrogen-bond acceptors (Lipinski definition) is 3. The number of H-pyrrole nitrogens is 1. The highest BCUT2D eigenvalue weighted by atomic mass is 35.5. The number of ether oxygens (including phenoxy) is 1. The van der Waals surface area contributed by atoms with Crippen molar-refractivity contribution in [1.29, 1.82) is 0 Å². The highest BCUT2D eigenvalue weighted by Crippen LogP contribution is 2.24. The molecule has 0 aliphatic rings. The summed E-state index contributed by atoms with van der Waals surface area (Å²) in [5.74, 6) is -0.227. The van der Waals surface area contributed by atoms with Gasteiger partial charge in [-0.15, -0.1) is 0 Å². The molecule has 1 aromatic heterocycles. The first-order chi connectivity index (χ1) is 8.08. The number of rotatable bonds is 2. The van der Waals surface area contributed by atoms with E-state index in [1.54, 1.807) is 19.1 Å². The second-order valence-electron chi connectivity index (χ2n) is 3.36. The summed E-state index contributed by atoms with van der Waals surface area (Å²) in [6, 6.07) is 4.33. The van der Waals surface area contributed by atoms with Gasteiger partial charge in [0.25, 0.3) is 5.56 Å². The van der Waals surface area contributed by atoms with Crippen LogP contribution in [0.15, 0.2) is 29.3 Å². The average Bonchev–Trinajstić information content (AvgIpc) is 2.30. The lowest BCUT2D eigenvalue weighted by Gasteiger charge is -2.06. The third-order valence-corrected chi connectivity index (χ3v) is 2.46. The highest BCUT2D eigenvalue weighted by Gasteiger charge is 2.09. The zero-order valence-corrected chi connectivity index (χ0v) is 9.58. The number of benzene rings is 1. The van der Waals surface area contributed by atoms with Gasteiger partial charge in [-0.3, -0.25) is 4.79 Å². The zero-order chi connectivity index (χ0) is 12.4. The fourth-order valence-electron chi connectivity index (χ4n) is 1.19. The minimum Gasteiger partial charge on any atom is -0.437 e. The summed E-state index contributed by atoms with van der Waals surface area (Å²) in [6.07, 6.45) is 1.16.